The van der Waals surface area contributed by atoms with Crippen molar-refractivity contribution >= 4 is 5.97 Å². The van der Waals surface area contributed by atoms with Gasteiger partial charge in [0.15, 0.2) is 11.7 Å². The largest absolute Gasteiger partial charge is 0.463 e. The summed E-state index contributed by atoms with van der Waals surface area (Å²) >= 11 is 0. The van der Waals surface area contributed by atoms with Crippen molar-refractivity contribution in [3.8, 4) is 0 Å². The van der Waals surface area contributed by atoms with Crippen molar-refractivity contribution in [2.45, 2.75) is 18.7 Å². The van der Waals surface area contributed by atoms with Crippen LogP contribution in [0.2, 0.25) is 0 Å². The minimum atomic E-state index is -3.57. The fraction of sp³-hybridized carbons (Fsp3) is 0.444. The van der Waals surface area contributed by atoms with E-state index in [9.17, 15) is 23.1 Å². The van der Waals surface area contributed by atoms with Gasteiger partial charge in [-0.2, -0.15) is 0 Å². The van der Waals surface area contributed by atoms with Gasteiger partial charge in [0.05, 0.1) is 12.3 Å². The summed E-state index contributed by atoms with van der Waals surface area (Å²) in [6.07, 6.45) is -1.71. The van der Waals surface area contributed by atoms with Crippen molar-refractivity contribution in [2.75, 3.05) is 6.61 Å². The fourth-order valence-corrected chi connectivity index (χ4v) is 1.22. The van der Waals surface area contributed by atoms with E-state index in [4.69, 9.17) is 5.73 Å². The maximum Gasteiger partial charge on any atom is 0.354 e. The molecular formula is C9H10F3NO3. The molecule has 1 aliphatic rings. The smallest absolute Gasteiger partial charge is 0.354 e. The first kappa shape index (κ1) is 12.6. The summed E-state index contributed by atoms with van der Waals surface area (Å²) in [5.74, 6) is -5.47. The molecule has 90 valence electrons. The normalized spacial score (nSPS) is 30.1. The highest BCUT2D eigenvalue weighted by Crippen LogP contribution is 2.37. The van der Waals surface area contributed by atoms with E-state index in [1.54, 1.807) is 0 Å². The van der Waals surface area contributed by atoms with E-state index < -0.39 is 35.1 Å². The van der Waals surface area contributed by atoms with E-state index in [2.05, 4.69) is 4.74 Å². The summed E-state index contributed by atoms with van der Waals surface area (Å²) in [7, 11) is 0. The van der Waals surface area contributed by atoms with E-state index in [1.165, 1.54) is 6.92 Å². The standard InChI is InChI=1S/C9H10F3NO3/c1-2-16-8(15)9(12)5(14)3-4(13)6(10)7(9)11/h3,5,14H,2,13H2,1H3. The molecule has 1 rings (SSSR count). The van der Waals surface area contributed by atoms with Gasteiger partial charge >= 0.3 is 5.97 Å². The number of halogens is 3. The number of aliphatic hydroxyl groups excluding tert-OH is 1. The van der Waals surface area contributed by atoms with Crippen molar-refractivity contribution in [3.63, 3.8) is 0 Å². The number of ether oxygens (including phenoxy) is 1. The van der Waals surface area contributed by atoms with Crippen LogP contribution in [-0.2, 0) is 9.53 Å². The van der Waals surface area contributed by atoms with Crippen molar-refractivity contribution in [1.29, 1.82) is 0 Å². The van der Waals surface area contributed by atoms with Crippen LogP contribution in [0.15, 0.2) is 23.4 Å². The summed E-state index contributed by atoms with van der Waals surface area (Å²) in [5.41, 5.74) is 0.636. The molecule has 0 fully saturated rings. The summed E-state index contributed by atoms with van der Waals surface area (Å²) in [6, 6.07) is 0. The summed E-state index contributed by atoms with van der Waals surface area (Å²) in [6.45, 7) is 1.13. The van der Waals surface area contributed by atoms with E-state index in [-0.39, 0.29) is 6.61 Å². The van der Waals surface area contributed by atoms with Gasteiger partial charge < -0.3 is 15.6 Å². The first-order chi connectivity index (χ1) is 7.35. The molecule has 0 aromatic rings. The Morgan fingerprint density at radius 2 is 2.25 bits per heavy atom. The number of esters is 1. The number of nitrogens with two attached hydrogens (primary N) is 1. The Morgan fingerprint density at radius 3 is 2.75 bits per heavy atom. The first-order valence-corrected chi connectivity index (χ1v) is 4.43. The van der Waals surface area contributed by atoms with Crippen LogP contribution in [0, 0.1) is 0 Å². The quantitative estimate of drug-likeness (QED) is 0.691. The Hall–Kier alpha value is -1.50. The molecule has 2 atom stereocenters. The van der Waals surface area contributed by atoms with E-state index in [1.807, 2.05) is 0 Å². The highest BCUT2D eigenvalue weighted by Gasteiger charge is 2.55. The molecule has 0 radical (unpaired) electrons. The van der Waals surface area contributed by atoms with Crippen molar-refractivity contribution in [1.82, 2.24) is 0 Å². The lowest BCUT2D eigenvalue weighted by atomic mass is 9.91. The second-order valence-electron chi connectivity index (χ2n) is 3.13. The van der Waals surface area contributed by atoms with Crippen LogP contribution >= 0.6 is 0 Å². The first-order valence-electron chi connectivity index (χ1n) is 4.43. The minimum absolute atomic E-state index is 0.231. The van der Waals surface area contributed by atoms with Crippen molar-refractivity contribution in [2.24, 2.45) is 5.73 Å². The Balaban J connectivity index is 3.19. The lowest BCUT2D eigenvalue weighted by molar-refractivity contribution is -0.161. The second kappa shape index (κ2) is 4.17. The lowest BCUT2D eigenvalue weighted by Gasteiger charge is -2.28. The van der Waals surface area contributed by atoms with E-state index >= 15 is 0 Å². The van der Waals surface area contributed by atoms with Gasteiger partial charge in [-0.3, -0.25) is 0 Å². The number of aliphatic hydroxyl groups is 1. The van der Waals surface area contributed by atoms with Gasteiger partial charge in [-0.05, 0) is 13.0 Å². The average molecular weight is 237 g/mol. The zero-order chi connectivity index (χ0) is 12.5. The molecule has 0 heterocycles. The second-order valence-corrected chi connectivity index (χ2v) is 3.13. The van der Waals surface area contributed by atoms with Gasteiger partial charge in [0.1, 0.15) is 6.10 Å². The Morgan fingerprint density at radius 1 is 1.69 bits per heavy atom. The molecule has 0 saturated heterocycles. The molecule has 0 aromatic carbocycles. The molecule has 0 amide bonds. The molecule has 7 heteroatoms. The third kappa shape index (κ3) is 1.67. The molecular weight excluding hydrogens is 227 g/mol. The maximum atomic E-state index is 13.9. The lowest BCUT2D eigenvalue weighted by Crippen LogP contribution is -2.49. The van der Waals surface area contributed by atoms with Gasteiger partial charge in [0.25, 0.3) is 5.67 Å². The van der Waals surface area contributed by atoms with Crippen LogP contribution in [0.1, 0.15) is 6.92 Å². The number of alkyl halides is 1. The minimum Gasteiger partial charge on any atom is -0.463 e. The Kier molecular flexibility index (Phi) is 3.27. The summed E-state index contributed by atoms with van der Waals surface area (Å²) in [5, 5.41) is 9.21. The molecule has 0 spiro atoms. The summed E-state index contributed by atoms with van der Waals surface area (Å²) in [4.78, 5) is 11.1. The van der Waals surface area contributed by atoms with Crippen LogP contribution in [-0.4, -0.2) is 29.5 Å². The number of allylic oxidation sites excluding steroid dienone is 1. The van der Waals surface area contributed by atoms with Gasteiger partial charge in [-0.15, -0.1) is 0 Å². The zero-order valence-electron chi connectivity index (χ0n) is 8.34. The maximum absolute atomic E-state index is 13.9. The predicted molar refractivity (Wildman–Crippen MR) is 48.0 cm³/mol. The molecule has 0 bridgehead atoms. The average Bonchev–Trinajstić information content (AvgIpc) is 2.24. The van der Waals surface area contributed by atoms with Crippen LogP contribution in [0.4, 0.5) is 13.2 Å². The van der Waals surface area contributed by atoms with E-state index in [0.717, 1.165) is 0 Å². The molecule has 1 aliphatic carbocycles. The highest BCUT2D eigenvalue weighted by atomic mass is 19.2. The Bertz CT molecular complexity index is 380. The zero-order valence-corrected chi connectivity index (χ0v) is 8.34. The number of hydrogen-bond acceptors (Lipinski definition) is 4. The fourth-order valence-electron chi connectivity index (χ4n) is 1.22. The SMILES string of the molecule is CCOC(=O)C1(F)C(F)=C(F)C(N)=CC1O. The third-order valence-electron chi connectivity index (χ3n) is 2.08. The monoisotopic (exact) mass is 237 g/mol. The van der Waals surface area contributed by atoms with Gasteiger partial charge in [-0.25, -0.2) is 18.0 Å². The third-order valence-corrected chi connectivity index (χ3v) is 2.08. The molecule has 3 N–H and O–H groups in total. The number of carbonyl (C=O) groups excluding carboxylic acids is 1. The molecule has 0 saturated carbocycles. The molecule has 16 heavy (non-hydrogen) atoms. The topological polar surface area (TPSA) is 72.5 Å². The van der Waals surface area contributed by atoms with Crippen LogP contribution in [0.5, 0.6) is 0 Å². The van der Waals surface area contributed by atoms with Crippen LogP contribution in [0.3, 0.4) is 0 Å². The molecule has 0 aliphatic heterocycles. The molecule has 2 unspecified atom stereocenters. The van der Waals surface area contributed by atoms with Crippen molar-refractivity contribution < 1.29 is 27.8 Å². The number of hydrogen-bond donors (Lipinski definition) is 2. The van der Waals surface area contributed by atoms with E-state index in [0.29, 0.717) is 6.08 Å². The van der Waals surface area contributed by atoms with Gasteiger partial charge in [0, 0.05) is 0 Å². The molecule has 4 nitrogen and oxygen atoms in total. The van der Waals surface area contributed by atoms with Gasteiger partial charge in [-0.1, -0.05) is 0 Å². The molecule has 0 aromatic heterocycles. The van der Waals surface area contributed by atoms with Crippen molar-refractivity contribution in [3.05, 3.63) is 23.4 Å². The number of rotatable bonds is 2. The number of carbonyl (C=O) groups is 1. The Labute approximate surface area is 89.2 Å². The summed E-state index contributed by atoms with van der Waals surface area (Å²) < 4.78 is 44.3. The van der Waals surface area contributed by atoms with Crippen LogP contribution in [0.25, 0.3) is 0 Å². The predicted octanol–water partition coefficient (Wildman–Crippen LogP) is 0.625. The van der Waals surface area contributed by atoms with Crippen LogP contribution < -0.4 is 5.73 Å². The highest BCUT2D eigenvalue weighted by molar-refractivity contribution is 5.85. The van der Waals surface area contributed by atoms with Gasteiger partial charge in [0.2, 0.25) is 0 Å².